The summed E-state index contributed by atoms with van der Waals surface area (Å²) < 4.78 is 13.2. The van der Waals surface area contributed by atoms with E-state index >= 15 is 0 Å². The Morgan fingerprint density at radius 2 is 1.86 bits per heavy atom. The van der Waals surface area contributed by atoms with Gasteiger partial charge in [0, 0.05) is 36.7 Å². The average Bonchev–Trinajstić information content (AvgIpc) is 3.10. The Kier molecular flexibility index (Phi) is 4.46. The maximum absolute atomic E-state index is 13.2. The number of nitrogens with zero attached hydrogens (tertiary/aromatic N) is 3. The zero-order chi connectivity index (χ0) is 19.1. The molecule has 1 atom stereocenters. The lowest BCUT2D eigenvalue weighted by Crippen LogP contribution is -2.37. The van der Waals surface area contributed by atoms with Crippen molar-refractivity contribution in [1.29, 1.82) is 0 Å². The molecule has 0 radical (unpaired) electrons. The quantitative estimate of drug-likeness (QED) is 0.881. The summed E-state index contributed by atoms with van der Waals surface area (Å²) in [5.41, 5.74) is 3.34. The van der Waals surface area contributed by atoms with Gasteiger partial charge in [-0.2, -0.15) is 5.10 Å². The summed E-state index contributed by atoms with van der Waals surface area (Å²) in [6.07, 6.45) is 7.52. The highest BCUT2D eigenvalue weighted by Gasteiger charge is 2.59. The van der Waals surface area contributed by atoms with Crippen LogP contribution in [0.5, 0.6) is 0 Å². The Morgan fingerprint density at radius 3 is 2.57 bits per heavy atom. The van der Waals surface area contributed by atoms with Crippen molar-refractivity contribution in [3.63, 3.8) is 0 Å². The molecule has 5 nitrogen and oxygen atoms in total. The normalized spacial score (nSPS) is 24.0. The number of carbonyl (C=O) groups excluding carboxylic acids is 1. The van der Waals surface area contributed by atoms with E-state index in [1.54, 1.807) is 12.1 Å². The number of piperidine rings is 1. The van der Waals surface area contributed by atoms with Gasteiger partial charge in [0.05, 0.1) is 11.9 Å². The largest absolute Gasteiger partial charge is 0.342 e. The molecule has 148 valence electrons. The molecule has 3 aliphatic rings. The van der Waals surface area contributed by atoms with Crippen LogP contribution in [0, 0.1) is 17.2 Å². The SMILES string of the molecule is O=C(C1CC12CCN(Cc1cn[nH]c1-c1ccc(F)cc1)CC2)N1CCCC1. The Balaban J connectivity index is 1.19. The molecule has 6 heteroatoms. The third-order valence-corrected chi connectivity index (χ3v) is 7.00. The molecule has 3 fully saturated rings. The average molecular weight is 382 g/mol. The first-order chi connectivity index (χ1) is 13.6. The van der Waals surface area contributed by atoms with Crippen LogP contribution in [0.4, 0.5) is 4.39 Å². The molecule has 1 amide bonds. The van der Waals surface area contributed by atoms with Gasteiger partial charge in [-0.25, -0.2) is 4.39 Å². The number of hydrogen-bond acceptors (Lipinski definition) is 3. The molecule has 2 aromatic rings. The van der Waals surface area contributed by atoms with E-state index in [1.807, 2.05) is 6.20 Å². The first kappa shape index (κ1) is 17.9. The first-order valence-electron chi connectivity index (χ1n) is 10.4. The summed E-state index contributed by atoms with van der Waals surface area (Å²) in [6, 6.07) is 6.54. The molecule has 5 rings (SSSR count). The lowest BCUT2D eigenvalue weighted by Gasteiger charge is -2.33. The minimum absolute atomic E-state index is 0.228. The maximum atomic E-state index is 13.2. The number of benzene rings is 1. The topological polar surface area (TPSA) is 52.2 Å². The van der Waals surface area contributed by atoms with Crippen molar-refractivity contribution in [3.8, 4) is 11.3 Å². The monoisotopic (exact) mass is 382 g/mol. The lowest BCUT2D eigenvalue weighted by atomic mass is 9.90. The first-order valence-corrected chi connectivity index (χ1v) is 10.4. The molecule has 1 aromatic carbocycles. The fourth-order valence-electron chi connectivity index (χ4n) is 5.10. The molecule has 1 aromatic heterocycles. The van der Waals surface area contributed by atoms with E-state index in [-0.39, 0.29) is 17.2 Å². The third kappa shape index (κ3) is 3.24. The maximum Gasteiger partial charge on any atom is 0.226 e. The van der Waals surface area contributed by atoms with Crippen LogP contribution in [-0.2, 0) is 11.3 Å². The van der Waals surface area contributed by atoms with Crippen LogP contribution in [0.15, 0.2) is 30.5 Å². The molecule has 3 heterocycles. The van der Waals surface area contributed by atoms with Gasteiger partial charge in [-0.05, 0) is 74.9 Å². The minimum Gasteiger partial charge on any atom is -0.342 e. The van der Waals surface area contributed by atoms with Crippen LogP contribution in [0.2, 0.25) is 0 Å². The Bertz CT molecular complexity index is 848. The second kappa shape index (κ2) is 6.99. The molecule has 28 heavy (non-hydrogen) atoms. The zero-order valence-corrected chi connectivity index (χ0v) is 16.2. The van der Waals surface area contributed by atoms with Gasteiger partial charge in [-0.3, -0.25) is 14.8 Å². The Labute approximate surface area is 164 Å². The van der Waals surface area contributed by atoms with E-state index in [0.29, 0.717) is 5.91 Å². The predicted molar refractivity (Wildman–Crippen MR) is 105 cm³/mol. The van der Waals surface area contributed by atoms with Crippen LogP contribution in [0.3, 0.4) is 0 Å². The van der Waals surface area contributed by atoms with Crippen LogP contribution >= 0.6 is 0 Å². The van der Waals surface area contributed by atoms with Crippen molar-refractivity contribution in [2.75, 3.05) is 26.2 Å². The van der Waals surface area contributed by atoms with Gasteiger partial charge in [-0.1, -0.05) is 0 Å². The zero-order valence-electron chi connectivity index (χ0n) is 16.2. The summed E-state index contributed by atoms with van der Waals surface area (Å²) in [4.78, 5) is 17.3. The second-order valence-corrected chi connectivity index (χ2v) is 8.70. The number of rotatable bonds is 4. The van der Waals surface area contributed by atoms with Crippen molar-refractivity contribution in [2.24, 2.45) is 11.3 Å². The molecular formula is C22H27FN4O. The van der Waals surface area contributed by atoms with Crippen LogP contribution < -0.4 is 0 Å². The van der Waals surface area contributed by atoms with E-state index in [9.17, 15) is 9.18 Å². The second-order valence-electron chi connectivity index (χ2n) is 8.70. The van der Waals surface area contributed by atoms with Crippen molar-refractivity contribution in [3.05, 3.63) is 41.8 Å². The standard InChI is InChI=1S/C22H27FN4O/c23-18-5-3-16(4-6-18)20-17(14-24-25-20)15-26-11-7-22(8-12-26)13-19(22)21(28)27-9-1-2-10-27/h3-6,14,19H,1-2,7-13,15H2,(H,24,25). The minimum atomic E-state index is -0.228. The van der Waals surface area contributed by atoms with Gasteiger partial charge >= 0.3 is 0 Å². The molecule has 1 N–H and O–H groups in total. The summed E-state index contributed by atoms with van der Waals surface area (Å²) in [6.45, 7) is 4.81. The Hall–Kier alpha value is -2.21. The highest BCUT2D eigenvalue weighted by Crippen LogP contribution is 2.60. The van der Waals surface area contributed by atoms with E-state index in [0.717, 1.165) is 68.8 Å². The van der Waals surface area contributed by atoms with Crippen molar-refractivity contribution in [1.82, 2.24) is 20.0 Å². The van der Waals surface area contributed by atoms with Crippen molar-refractivity contribution in [2.45, 2.75) is 38.6 Å². The van der Waals surface area contributed by atoms with E-state index in [4.69, 9.17) is 0 Å². The highest BCUT2D eigenvalue weighted by molar-refractivity contribution is 5.83. The van der Waals surface area contributed by atoms with Crippen molar-refractivity contribution >= 4 is 5.91 Å². The summed E-state index contributed by atoms with van der Waals surface area (Å²) in [7, 11) is 0. The number of aromatic nitrogens is 2. The van der Waals surface area contributed by atoms with Crippen LogP contribution in [0.1, 0.15) is 37.7 Å². The molecule has 1 saturated carbocycles. The van der Waals surface area contributed by atoms with Gasteiger partial charge in [0.1, 0.15) is 5.82 Å². The smallest absolute Gasteiger partial charge is 0.226 e. The van der Waals surface area contributed by atoms with E-state index in [1.165, 1.54) is 25.0 Å². The Morgan fingerprint density at radius 1 is 1.14 bits per heavy atom. The van der Waals surface area contributed by atoms with E-state index < -0.39 is 0 Å². The van der Waals surface area contributed by atoms with E-state index in [2.05, 4.69) is 20.0 Å². The molecule has 2 aliphatic heterocycles. The predicted octanol–water partition coefficient (Wildman–Crippen LogP) is 3.44. The lowest BCUT2D eigenvalue weighted by molar-refractivity contribution is -0.132. The summed E-state index contributed by atoms with van der Waals surface area (Å²) in [5, 5.41) is 7.27. The fourth-order valence-corrected chi connectivity index (χ4v) is 5.10. The van der Waals surface area contributed by atoms with Crippen molar-refractivity contribution < 1.29 is 9.18 Å². The summed E-state index contributed by atoms with van der Waals surface area (Å²) >= 11 is 0. The number of nitrogens with one attached hydrogen (secondary N) is 1. The molecule has 0 bridgehead atoms. The fraction of sp³-hybridized carbons (Fsp3) is 0.545. The van der Waals surface area contributed by atoms with Gasteiger partial charge in [0.15, 0.2) is 0 Å². The molecule has 2 saturated heterocycles. The molecule has 1 unspecified atom stereocenters. The number of carbonyl (C=O) groups is 1. The highest BCUT2D eigenvalue weighted by atomic mass is 19.1. The molecule has 1 aliphatic carbocycles. The number of hydrogen-bond donors (Lipinski definition) is 1. The van der Waals surface area contributed by atoms with Crippen LogP contribution in [0.25, 0.3) is 11.3 Å². The van der Waals surface area contributed by atoms with Gasteiger partial charge < -0.3 is 4.90 Å². The summed E-state index contributed by atoms with van der Waals surface area (Å²) in [5.74, 6) is 0.462. The molecular weight excluding hydrogens is 355 g/mol. The number of likely N-dealkylation sites (tertiary alicyclic amines) is 2. The van der Waals surface area contributed by atoms with Gasteiger partial charge in [0.25, 0.3) is 0 Å². The number of amides is 1. The van der Waals surface area contributed by atoms with Crippen LogP contribution in [-0.4, -0.2) is 52.1 Å². The van der Waals surface area contributed by atoms with Gasteiger partial charge in [0.2, 0.25) is 5.91 Å². The number of H-pyrrole nitrogens is 1. The molecule has 1 spiro atoms. The number of aromatic amines is 1. The third-order valence-electron chi connectivity index (χ3n) is 7.00. The number of halogens is 1. The van der Waals surface area contributed by atoms with Gasteiger partial charge in [-0.15, -0.1) is 0 Å².